The van der Waals surface area contributed by atoms with Crippen LogP contribution in [0.3, 0.4) is 0 Å². The van der Waals surface area contributed by atoms with Crippen LogP contribution in [0.1, 0.15) is 40.5 Å². The third kappa shape index (κ3) is 6.05. The Balaban J connectivity index is 2.46. The molecule has 1 rings (SSSR count). The molecule has 0 unspecified atom stereocenters. The molecule has 0 aliphatic carbocycles. The van der Waals surface area contributed by atoms with Crippen molar-refractivity contribution in [1.82, 2.24) is 20.7 Å². The fourth-order valence-electron chi connectivity index (χ4n) is 2.02. The molecule has 0 aromatic rings. The maximum absolute atomic E-state index is 12.3. The van der Waals surface area contributed by atoms with Crippen molar-refractivity contribution < 1.29 is 14.3 Å². The summed E-state index contributed by atoms with van der Waals surface area (Å²) in [6.45, 7) is 9.64. The van der Waals surface area contributed by atoms with Crippen LogP contribution in [0.15, 0.2) is 0 Å². The second kappa shape index (κ2) is 8.17. The van der Waals surface area contributed by atoms with Gasteiger partial charge in [-0.25, -0.2) is 9.80 Å². The van der Waals surface area contributed by atoms with Gasteiger partial charge in [0, 0.05) is 25.2 Å². The third-order valence-electron chi connectivity index (χ3n) is 2.89. The molecule has 126 valence electrons. The summed E-state index contributed by atoms with van der Waals surface area (Å²) in [4.78, 5) is 23.5. The Morgan fingerprint density at radius 3 is 2.45 bits per heavy atom. The first-order valence-electron chi connectivity index (χ1n) is 7.55. The molecule has 8 heteroatoms. The molecule has 0 atom stereocenters. The van der Waals surface area contributed by atoms with E-state index in [0.29, 0.717) is 31.4 Å². The molecule has 2 amide bonds. The van der Waals surface area contributed by atoms with Gasteiger partial charge >= 0.3 is 12.0 Å². The molecule has 0 aromatic carbocycles. The Hall–Kier alpha value is -1.57. The van der Waals surface area contributed by atoms with Gasteiger partial charge in [-0.3, -0.25) is 9.80 Å². The van der Waals surface area contributed by atoms with Crippen LogP contribution in [0.5, 0.6) is 0 Å². The highest BCUT2D eigenvalue weighted by Gasteiger charge is 2.30. The molecule has 1 aliphatic heterocycles. The Bertz CT molecular complexity index is 423. The van der Waals surface area contributed by atoms with Gasteiger partial charge in [-0.1, -0.05) is 0 Å². The fraction of sp³-hybridized carbons (Fsp3) is 0.786. The highest BCUT2D eigenvalue weighted by molar-refractivity contribution is 7.80. The second-order valence-electron chi connectivity index (χ2n) is 6.07. The van der Waals surface area contributed by atoms with Crippen LogP contribution in [0.2, 0.25) is 0 Å². The molecule has 0 saturated carbocycles. The zero-order chi connectivity index (χ0) is 16.8. The molecule has 0 aromatic heterocycles. The van der Waals surface area contributed by atoms with E-state index in [1.54, 1.807) is 16.9 Å². The number of hydrazine groups is 1. The van der Waals surface area contributed by atoms with Crippen LogP contribution < -0.4 is 10.6 Å². The number of ether oxygens (including phenoxy) is 1. The lowest BCUT2D eigenvalue weighted by Gasteiger charge is -2.32. The average molecular weight is 330 g/mol. The first-order valence-corrected chi connectivity index (χ1v) is 7.96. The van der Waals surface area contributed by atoms with Gasteiger partial charge in [0.1, 0.15) is 0 Å². The number of nitrogens with zero attached hydrogens (tertiary/aromatic N) is 2. The molecule has 7 nitrogen and oxygen atoms in total. The monoisotopic (exact) mass is 330 g/mol. The Labute approximate surface area is 137 Å². The standard InChI is InChI=1S/C14H26N4O3S/c1-5-21-11(19)7-8-15-13(22)18-10-6-9-17(18)12(20)16-14(2,3)4/h5-10H2,1-4H3,(H,15,22)(H,16,20). The Morgan fingerprint density at radius 1 is 1.23 bits per heavy atom. The van der Waals surface area contributed by atoms with E-state index in [4.69, 9.17) is 17.0 Å². The molecule has 1 saturated heterocycles. The normalized spacial score (nSPS) is 14.7. The molecule has 22 heavy (non-hydrogen) atoms. The van der Waals surface area contributed by atoms with Crippen LogP contribution in [0.4, 0.5) is 4.79 Å². The molecule has 0 bridgehead atoms. The minimum Gasteiger partial charge on any atom is -0.466 e. The van der Waals surface area contributed by atoms with E-state index in [1.165, 1.54) is 0 Å². The predicted molar refractivity (Wildman–Crippen MR) is 88.2 cm³/mol. The van der Waals surface area contributed by atoms with Gasteiger partial charge in [0.2, 0.25) is 0 Å². The van der Waals surface area contributed by atoms with Crippen LogP contribution in [-0.2, 0) is 9.53 Å². The topological polar surface area (TPSA) is 73.9 Å². The lowest BCUT2D eigenvalue weighted by Crippen LogP contribution is -2.55. The minimum absolute atomic E-state index is 0.167. The molecule has 0 spiro atoms. The predicted octanol–water partition coefficient (Wildman–Crippen LogP) is 1.24. The van der Waals surface area contributed by atoms with Crippen LogP contribution in [0, 0.1) is 0 Å². The summed E-state index contributed by atoms with van der Waals surface area (Å²) in [6, 6.07) is -0.167. The van der Waals surface area contributed by atoms with Crippen molar-refractivity contribution in [3.63, 3.8) is 0 Å². The summed E-state index contributed by atoms with van der Waals surface area (Å²) in [6.07, 6.45) is 1.10. The fourth-order valence-corrected chi connectivity index (χ4v) is 2.31. The summed E-state index contributed by atoms with van der Waals surface area (Å²) in [5, 5.41) is 9.71. The van der Waals surface area contributed by atoms with E-state index in [9.17, 15) is 9.59 Å². The maximum atomic E-state index is 12.3. The van der Waals surface area contributed by atoms with Gasteiger partial charge in [-0.05, 0) is 46.3 Å². The van der Waals surface area contributed by atoms with E-state index in [1.807, 2.05) is 20.8 Å². The van der Waals surface area contributed by atoms with Gasteiger partial charge in [-0.15, -0.1) is 0 Å². The number of rotatable bonds is 4. The van der Waals surface area contributed by atoms with E-state index in [2.05, 4.69) is 10.6 Å². The molecule has 2 N–H and O–H groups in total. The van der Waals surface area contributed by atoms with Crippen molar-refractivity contribution >= 4 is 29.3 Å². The van der Waals surface area contributed by atoms with Gasteiger partial charge in [-0.2, -0.15) is 0 Å². The highest BCUT2D eigenvalue weighted by atomic mass is 32.1. The number of amides is 2. The smallest absolute Gasteiger partial charge is 0.336 e. The number of nitrogens with one attached hydrogen (secondary N) is 2. The van der Waals surface area contributed by atoms with Crippen molar-refractivity contribution in [2.75, 3.05) is 26.2 Å². The van der Waals surface area contributed by atoms with Crippen LogP contribution >= 0.6 is 12.2 Å². The van der Waals surface area contributed by atoms with E-state index in [0.717, 1.165) is 6.42 Å². The van der Waals surface area contributed by atoms with E-state index >= 15 is 0 Å². The average Bonchev–Trinajstić information content (AvgIpc) is 2.86. The lowest BCUT2D eigenvalue weighted by atomic mass is 10.1. The maximum Gasteiger partial charge on any atom is 0.336 e. The number of hydrogen-bond acceptors (Lipinski definition) is 4. The summed E-state index contributed by atoms with van der Waals surface area (Å²) in [7, 11) is 0. The Kier molecular flexibility index (Phi) is 6.86. The van der Waals surface area contributed by atoms with Gasteiger partial charge in [0.05, 0.1) is 13.0 Å². The molecular weight excluding hydrogens is 304 g/mol. The second-order valence-corrected chi connectivity index (χ2v) is 6.45. The SMILES string of the molecule is CCOC(=O)CCNC(=S)N1CCCN1C(=O)NC(C)(C)C. The summed E-state index contributed by atoms with van der Waals surface area (Å²) < 4.78 is 4.85. The van der Waals surface area contributed by atoms with Gasteiger partial charge in [0.25, 0.3) is 0 Å². The number of hydrogen-bond donors (Lipinski definition) is 2. The minimum atomic E-state index is -0.301. The molecule has 1 heterocycles. The number of thiocarbonyl (C=S) groups is 1. The van der Waals surface area contributed by atoms with Crippen LogP contribution in [-0.4, -0.2) is 58.9 Å². The van der Waals surface area contributed by atoms with Crippen LogP contribution in [0.25, 0.3) is 0 Å². The summed E-state index contributed by atoms with van der Waals surface area (Å²) in [5.74, 6) is -0.262. The quantitative estimate of drug-likeness (QED) is 0.597. The number of carbonyl (C=O) groups is 2. The first-order chi connectivity index (χ1) is 10.2. The van der Waals surface area contributed by atoms with Crippen molar-refractivity contribution in [3.05, 3.63) is 0 Å². The summed E-state index contributed by atoms with van der Waals surface area (Å²) >= 11 is 5.31. The number of carbonyl (C=O) groups excluding carboxylic acids is 2. The third-order valence-corrected chi connectivity index (χ3v) is 3.25. The zero-order valence-corrected chi connectivity index (χ0v) is 14.6. The molecule has 1 aliphatic rings. The lowest BCUT2D eigenvalue weighted by molar-refractivity contribution is -0.142. The van der Waals surface area contributed by atoms with Crippen molar-refractivity contribution in [3.8, 4) is 0 Å². The van der Waals surface area contributed by atoms with E-state index in [-0.39, 0.29) is 24.0 Å². The molecular formula is C14H26N4O3S. The first kappa shape index (κ1) is 18.5. The molecule has 1 fully saturated rings. The highest BCUT2D eigenvalue weighted by Crippen LogP contribution is 2.12. The van der Waals surface area contributed by atoms with Gasteiger partial charge in [0.15, 0.2) is 5.11 Å². The van der Waals surface area contributed by atoms with Crippen molar-refractivity contribution in [2.24, 2.45) is 0 Å². The molecule has 0 radical (unpaired) electrons. The largest absolute Gasteiger partial charge is 0.466 e. The van der Waals surface area contributed by atoms with Crippen molar-refractivity contribution in [2.45, 2.75) is 46.1 Å². The van der Waals surface area contributed by atoms with Crippen molar-refractivity contribution in [1.29, 1.82) is 0 Å². The Morgan fingerprint density at radius 2 is 1.86 bits per heavy atom. The number of esters is 1. The summed E-state index contributed by atoms with van der Waals surface area (Å²) in [5.41, 5.74) is -0.301. The van der Waals surface area contributed by atoms with E-state index < -0.39 is 0 Å². The zero-order valence-electron chi connectivity index (χ0n) is 13.8. The van der Waals surface area contributed by atoms with Gasteiger partial charge < -0.3 is 15.4 Å². The number of urea groups is 1.